The van der Waals surface area contributed by atoms with Crippen LogP contribution in [0.25, 0.3) is 11.5 Å². The van der Waals surface area contributed by atoms with Crippen LogP contribution in [0, 0.1) is 5.82 Å². The Hall–Kier alpha value is -3.33. The smallest absolute Gasteiger partial charge is 0.260 e. The predicted molar refractivity (Wildman–Crippen MR) is 113 cm³/mol. The van der Waals surface area contributed by atoms with Crippen molar-refractivity contribution in [3.63, 3.8) is 0 Å². The molecule has 0 radical (unpaired) electrons. The number of carbonyl (C=O) groups excluding carboxylic acids is 1. The molecule has 0 saturated carbocycles. The molecule has 32 heavy (non-hydrogen) atoms. The first kappa shape index (κ1) is 21.9. The molecule has 2 aromatic heterocycles. The number of hydrogen-bond acceptors (Lipinski definition) is 7. The van der Waals surface area contributed by atoms with Gasteiger partial charge in [-0.05, 0) is 55.7 Å². The molecule has 8 nitrogen and oxygen atoms in total. The number of methoxy groups -OCH3 is 1. The Labute approximate surface area is 185 Å². The lowest BCUT2D eigenvalue weighted by Crippen LogP contribution is -2.47. The second-order valence-corrected chi connectivity index (χ2v) is 7.81. The highest BCUT2D eigenvalue weighted by Gasteiger charge is 2.41. The van der Waals surface area contributed by atoms with Crippen LogP contribution in [0.15, 0.2) is 53.3 Å². The minimum atomic E-state index is -0.347. The number of piperidine rings is 1. The summed E-state index contributed by atoms with van der Waals surface area (Å²) in [5, 5.41) is 4.27. The van der Waals surface area contributed by atoms with Gasteiger partial charge in [0, 0.05) is 44.6 Å². The van der Waals surface area contributed by atoms with Crippen LogP contribution in [0.1, 0.15) is 25.1 Å². The van der Waals surface area contributed by atoms with E-state index in [1.807, 2.05) is 12.1 Å². The fraction of sp³-hybridized carbons (Fsp3) is 0.391. The zero-order valence-corrected chi connectivity index (χ0v) is 17.9. The molecule has 1 aliphatic heterocycles. The van der Waals surface area contributed by atoms with Crippen LogP contribution in [0.5, 0.6) is 5.75 Å². The molecule has 1 aliphatic rings. The van der Waals surface area contributed by atoms with Crippen LogP contribution in [0.4, 0.5) is 4.39 Å². The summed E-state index contributed by atoms with van der Waals surface area (Å²) in [7, 11) is 1.66. The molecule has 0 N–H and O–H groups in total. The zero-order chi connectivity index (χ0) is 22.4. The quantitative estimate of drug-likeness (QED) is 0.531. The van der Waals surface area contributed by atoms with Crippen LogP contribution in [0.3, 0.4) is 0 Å². The Morgan fingerprint density at radius 1 is 1.22 bits per heavy atom. The fourth-order valence-corrected chi connectivity index (χ4v) is 3.88. The molecule has 0 unspecified atom stereocenters. The number of carbonyl (C=O) groups is 1. The first-order valence-corrected chi connectivity index (χ1v) is 10.5. The Bertz CT molecular complexity index is 1020. The molecule has 4 rings (SSSR count). The molecule has 3 heterocycles. The second-order valence-electron chi connectivity index (χ2n) is 7.81. The van der Waals surface area contributed by atoms with Crippen molar-refractivity contribution in [3.8, 4) is 17.2 Å². The average molecular weight is 440 g/mol. The van der Waals surface area contributed by atoms with Gasteiger partial charge in [0.2, 0.25) is 0 Å². The van der Waals surface area contributed by atoms with Gasteiger partial charge in [-0.15, -0.1) is 0 Å². The van der Waals surface area contributed by atoms with Gasteiger partial charge >= 0.3 is 0 Å². The summed E-state index contributed by atoms with van der Waals surface area (Å²) in [4.78, 5) is 23.2. The molecule has 168 valence electrons. The van der Waals surface area contributed by atoms with Crippen LogP contribution < -0.4 is 4.74 Å². The summed E-state index contributed by atoms with van der Waals surface area (Å²) in [6.07, 6.45) is 5.47. The topological polar surface area (TPSA) is 90.6 Å². The van der Waals surface area contributed by atoms with Crippen molar-refractivity contribution in [2.75, 3.05) is 33.4 Å². The molecule has 1 aromatic carbocycles. The Balaban J connectivity index is 1.41. The van der Waals surface area contributed by atoms with Crippen LogP contribution in [0.2, 0.25) is 0 Å². The SMILES string of the molecule is COCCC1(c2noc(-c3cccnc3)n2)CCN(C(=O)COc2ccc(F)cc2)CC1. The number of nitrogens with zero attached hydrogens (tertiary/aromatic N) is 4. The van der Waals surface area contributed by atoms with Crippen molar-refractivity contribution < 1.29 is 23.2 Å². The molecule has 0 atom stereocenters. The number of aromatic nitrogens is 3. The number of hydrogen-bond donors (Lipinski definition) is 0. The van der Waals surface area contributed by atoms with Gasteiger partial charge in [-0.1, -0.05) is 5.16 Å². The fourth-order valence-electron chi connectivity index (χ4n) is 3.88. The lowest BCUT2D eigenvalue weighted by Gasteiger charge is -2.39. The molecular formula is C23H25FN4O4. The van der Waals surface area contributed by atoms with Gasteiger partial charge in [-0.2, -0.15) is 4.98 Å². The molecular weight excluding hydrogens is 415 g/mol. The number of likely N-dealkylation sites (tertiary alicyclic amines) is 1. The van der Waals surface area contributed by atoms with E-state index in [4.69, 9.17) is 14.0 Å². The highest BCUT2D eigenvalue weighted by Crippen LogP contribution is 2.38. The zero-order valence-electron chi connectivity index (χ0n) is 17.9. The molecule has 0 aliphatic carbocycles. The van der Waals surface area contributed by atoms with E-state index in [1.54, 1.807) is 24.4 Å². The van der Waals surface area contributed by atoms with Gasteiger partial charge in [0.05, 0.1) is 5.56 Å². The maximum atomic E-state index is 13.0. The largest absolute Gasteiger partial charge is 0.484 e. The van der Waals surface area contributed by atoms with Crippen LogP contribution >= 0.6 is 0 Å². The third-order valence-corrected chi connectivity index (χ3v) is 5.84. The van der Waals surface area contributed by atoms with E-state index in [9.17, 15) is 9.18 Å². The predicted octanol–water partition coefficient (Wildman–Crippen LogP) is 3.25. The van der Waals surface area contributed by atoms with E-state index < -0.39 is 0 Å². The minimum absolute atomic E-state index is 0.0932. The van der Waals surface area contributed by atoms with Crippen molar-refractivity contribution in [1.82, 2.24) is 20.0 Å². The molecule has 3 aromatic rings. The Morgan fingerprint density at radius 3 is 2.69 bits per heavy atom. The van der Waals surface area contributed by atoms with Gasteiger partial charge in [0.15, 0.2) is 12.4 Å². The third-order valence-electron chi connectivity index (χ3n) is 5.84. The van der Waals surface area contributed by atoms with Gasteiger partial charge < -0.3 is 18.9 Å². The monoisotopic (exact) mass is 440 g/mol. The maximum absolute atomic E-state index is 13.0. The van der Waals surface area contributed by atoms with Crippen molar-refractivity contribution in [1.29, 1.82) is 0 Å². The highest BCUT2D eigenvalue weighted by atomic mass is 19.1. The number of rotatable bonds is 8. The summed E-state index contributed by atoms with van der Waals surface area (Å²) < 4.78 is 29.4. The molecule has 0 bridgehead atoms. The lowest BCUT2D eigenvalue weighted by molar-refractivity contribution is -0.135. The van der Waals surface area contributed by atoms with Crippen molar-refractivity contribution in [3.05, 3.63) is 60.4 Å². The summed E-state index contributed by atoms with van der Waals surface area (Å²) in [5.74, 6) is 1.05. The van der Waals surface area contributed by atoms with Gasteiger partial charge in [-0.25, -0.2) is 4.39 Å². The molecule has 9 heteroatoms. The first-order chi connectivity index (χ1) is 15.6. The molecule has 1 saturated heterocycles. The number of halogens is 1. The number of amides is 1. The van der Waals surface area contributed by atoms with E-state index in [-0.39, 0.29) is 23.7 Å². The normalized spacial score (nSPS) is 15.5. The van der Waals surface area contributed by atoms with Crippen molar-refractivity contribution in [2.45, 2.75) is 24.7 Å². The van der Waals surface area contributed by atoms with Crippen LogP contribution in [-0.2, 0) is 14.9 Å². The molecule has 1 amide bonds. The van der Waals surface area contributed by atoms with Gasteiger partial charge in [0.1, 0.15) is 11.6 Å². The number of ether oxygens (including phenoxy) is 2. The van der Waals surface area contributed by atoms with E-state index >= 15 is 0 Å². The summed E-state index contributed by atoms with van der Waals surface area (Å²) in [5.41, 5.74) is 0.424. The average Bonchev–Trinajstić information content (AvgIpc) is 3.34. The van der Waals surface area contributed by atoms with Gasteiger partial charge in [-0.3, -0.25) is 9.78 Å². The highest BCUT2D eigenvalue weighted by molar-refractivity contribution is 5.78. The van der Waals surface area contributed by atoms with Crippen molar-refractivity contribution in [2.24, 2.45) is 0 Å². The summed E-state index contributed by atoms with van der Waals surface area (Å²) in [6.45, 7) is 1.56. The molecule has 1 fully saturated rings. The summed E-state index contributed by atoms with van der Waals surface area (Å²) >= 11 is 0. The third kappa shape index (κ3) is 4.94. The van der Waals surface area contributed by atoms with Crippen LogP contribution in [-0.4, -0.2) is 59.3 Å². The van der Waals surface area contributed by atoms with Crippen molar-refractivity contribution >= 4 is 5.91 Å². The lowest BCUT2D eigenvalue weighted by atomic mass is 9.75. The maximum Gasteiger partial charge on any atom is 0.260 e. The van der Waals surface area contributed by atoms with E-state index in [1.165, 1.54) is 24.3 Å². The molecule has 0 spiro atoms. The standard InChI is InChI=1S/C23H25FN4O4/c1-30-14-10-23(22-26-21(32-27-22)17-3-2-11-25-15-17)8-12-28(13-9-23)20(29)16-31-19-6-4-18(24)5-7-19/h2-7,11,15H,8-10,12-14,16H2,1H3. The van der Waals surface area contributed by atoms with E-state index in [2.05, 4.69) is 15.1 Å². The minimum Gasteiger partial charge on any atom is -0.484 e. The Kier molecular flexibility index (Phi) is 6.75. The Morgan fingerprint density at radius 2 is 2.00 bits per heavy atom. The van der Waals surface area contributed by atoms with E-state index in [0.717, 1.165) is 12.0 Å². The summed E-state index contributed by atoms with van der Waals surface area (Å²) in [6, 6.07) is 9.30. The number of pyridine rings is 1. The second kappa shape index (κ2) is 9.86. The first-order valence-electron chi connectivity index (χ1n) is 10.5. The van der Waals surface area contributed by atoms with Gasteiger partial charge in [0.25, 0.3) is 11.8 Å². The van der Waals surface area contributed by atoms with E-state index in [0.29, 0.717) is 50.0 Å². The number of benzene rings is 1.